The number of benzene rings is 1. The molecule has 3 rings (SSSR count). The summed E-state index contributed by atoms with van der Waals surface area (Å²) in [5, 5.41) is 6.71. The molecule has 3 aromatic rings. The van der Waals surface area contributed by atoms with Crippen molar-refractivity contribution in [2.24, 2.45) is 0 Å². The molecule has 2 aromatic heterocycles. The molecule has 3 N–H and O–H groups in total. The monoisotopic (exact) mass is 281 g/mol. The number of carbonyl (C=O) groups excluding carboxylic acids is 1. The lowest BCUT2D eigenvalue weighted by molar-refractivity contribution is -0.115. The van der Waals surface area contributed by atoms with Gasteiger partial charge in [0.25, 0.3) is 0 Å². The first-order valence-corrected chi connectivity index (χ1v) is 6.73. The van der Waals surface area contributed by atoms with E-state index in [1.54, 1.807) is 13.1 Å². The lowest BCUT2D eigenvalue weighted by Gasteiger charge is -2.08. The predicted octanol–water partition coefficient (Wildman–Crippen LogP) is 3.05. The van der Waals surface area contributed by atoms with Crippen molar-refractivity contribution in [2.75, 3.05) is 10.6 Å². The van der Waals surface area contributed by atoms with Crippen molar-refractivity contribution in [3.05, 3.63) is 42.6 Å². The van der Waals surface area contributed by atoms with E-state index in [2.05, 4.69) is 25.6 Å². The Kier molecular flexibility index (Phi) is 3.51. The van der Waals surface area contributed by atoms with Gasteiger partial charge in [0.1, 0.15) is 11.5 Å². The standard InChI is InChI=1S/C15H15N5O/c1-2-12(21)18-14-11-8-9-16-13(11)19-15(20-14)17-10-6-4-3-5-7-10/h3-9H,2H2,1H3,(H3,16,17,18,19,20,21). The molecular weight excluding hydrogens is 266 g/mol. The van der Waals surface area contributed by atoms with Crippen LogP contribution >= 0.6 is 0 Å². The molecule has 0 saturated carbocycles. The lowest BCUT2D eigenvalue weighted by atomic mass is 10.3. The minimum atomic E-state index is -0.0816. The predicted molar refractivity (Wildman–Crippen MR) is 82.5 cm³/mol. The van der Waals surface area contributed by atoms with Gasteiger partial charge in [-0.3, -0.25) is 4.79 Å². The molecule has 0 aliphatic carbocycles. The van der Waals surface area contributed by atoms with Crippen LogP contribution in [0.2, 0.25) is 0 Å². The molecule has 1 amide bonds. The first-order chi connectivity index (χ1) is 10.3. The van der Waals surface area contributed by atoms with Gasteiger partial charge in [-0.15, -0.1) is 0 Å². The van der Waals surface area contributed by atoms with E-state index in [-0.39, 0.29) is 5.91 Å². The highest BCUT2D eigenvalue weighted by atomic mass is 16.1. The summed E-state index contributed by atoms with van der Waals surface area (Å²) in [6, 6.07) is 11.5. The molecule has 106 valence electrons. The SMILES string of the molecule is CCC(=O)Nc1nc(Nc2ccccc2)nc2[nH]ccc12. The fourth-order valence-electron chi connectivity index (χ4n) is 1.96. The van der Waals surface area contributed by atoms with E-state index < -0.39 is 0 Å². The summed E-state index contributed by atoms with van der Waals surface area (Å²) in [5.41, 5.74) is 1.56. The summed E-state index contributed by atoms with van der Waals surface area (Å²) < 4.78 is 0. The second-order valence-electron chi connectivity index (χ2n) is 4.53. The van der Waals surface area contributed by atoms with E-state index in [0.717, 1.165) is 11.1 Å². The smallest absolute Gasteiger partial charge is 0.231 e. The van der Waals surface area contributed by atoms with Gasteiger partial charge in [-0.25, -0.2) is 0 Å². The number of carbonyl (C=O) groups is 1. The van der Waals surface area contributed by atoms with Crippen LogP contribution in [0.3, 0.4) is 0 Å². The Hall–Kier alpha value is -2.89. The number of rotatable bonds is 4. The van der Waals surface area contributed by atoms with Crippen LogP contribution in [0.25, 0.3) is 11.0 Å². The Morgan fingerprint density at radius 1 is 1.19 bits per heavy atom. The van der Waals surface area contributed by atoms with E-state index in [1.807, 2.05) is 36.4 Å². The maximum absolute atomic E-state index is 11.6. The van der Waals surface area contributed by atoms with Crippen molar-refractivity contribution in [3.63, 3.8) is 0 Å². The van der Waals surface area contributed by atoms with Crippen LogP contribution in [0.5, 0.6) is 0 Å². The minimum Gasteiger partial charge on any atom is -0.346 e. The normalized spacial score (nSPS) is 10.5. The number of anilines is 3. The Bertz CT molecular complexity index is 766. The number of aromatic amines is 1. The molecule has 6 nitrogen and oxygen atoms in total. The molecule has 21 heavy (non-hydrogen) atoms. The molecule has 6 heteroatoms. The van der Waals surface area contributed by atoms with Crippen molar-refractivity contribution in [3.8, 4) is 0 Å². The number of nitrogens with one attached hydrogen (secondary N) is 3. The van der Waals surface area contributed by atoms with Crippen molar-refractivity contribution >= 4 is 34.4 Å². The largest absolute Gasteiger partial charge is 0.346 e. The van der Waals surface area contributed by atoms with Gasteiger partial charge in [0.2, 0.25) is 11.9 Å². The molecule has 0 aliphatic heterocycles. The fourth-order valence-corrected chi connectivity index (χ4v) is 1.96. The van der Waals surface area contributed by atoms with E-state index in [4.69, 9.17) is 0 Å². The van der Waals surface area contributed by atoms with Crippen molar-refractivity contribution in [2.45, 2.75) is 13.3 Å². The van der Waals surface area contributed by atoms with Crippen LogP contribution < -0.4 is 10.6 Å². The van der Waals surface area contributed by atoms with E-state index in [9.17, 15) is 4.79 Å². The maximum Gasteiger partial charge on any atom is 0.231 e. The molecular formula is C15H15N5O. The molecule has 1 aromatic carbocycles. The molecule has 0 bridgehead atoms. The Labute approximate surface area is 121 Å². The van der Waals surface area contributed by atoms with E-state index in [1.165, 1.54) is 0 Å². The molecule has 0 atom stereocenters. The molecule has 0 saturated heterocycles. The Morgan fingerprint density at radius 3 is 2.76 bits per heavy atom. The third-order valence-corrected chi connectivity index (χ3v) is 3.02. The highest BCUT2D eigenvalue weighted by molar-refractivity contribution is 5.98. The average molecular weight is 281 g/mol. The fraction of sp³-hybridized carbons (Fsp3) is 0.133. The zero-order valence-corrected chi connectivity index (χ0v) is 11.6. The number of H-pyrrole nitrogens is 1. The summed E-state index contributed by atoms with van der Waals surface area (Å²) >= 11 is 0. The van der Waals surface area contributed by atoms with Crippen molar-refractivity contribution in [1.82, 2.24) is 15.0 Å². The summed E-state index contributed by atoms with van der Waals surface area (Å²) in [4.78, 5) is 23.4. The highest BCUT2D eigenvalue weighted by Gasteiger charge is 2.10. The molecule has 0 radical (unpaired) electrons. The topological polar surface area (TPSA) is 82.7 Å². The van der Waals surface area contributed by atoms with E-state index in [0.29, 0.717) is 23.8 Å². The molecule has 0 spiro atoms. The number of aromatic nitrogens is 3. The average Bonchev–Trinajstić information content (AvgIpc) is 2.97. The van der Waals surface area contributed by atoms with Crippen LogP contribution in [0.1, 0.15) is 13.3 Å². The lowest BCUT2D eigenvalue weighted by Crippen LogP contribution is -2.12. The van der Waals surface area contributed by atoms with Crippen LogP contribution in [-0.4, -0.2) is 20.9 Å². The Balaban J connectivity index is 1.97. The number of fused-ring (bicyclic) bond motifs is 1. The van der Waals surface area contributed by atoms with Crippen LogP contribution in [0.15, 0.2) is 42.6 Å². The third-order valence-electron chi connectivity index (χ3n) is 3.02. The molecule has 0 unspecified atom stereocenters. The first-order valence-electron chi connectivity index (χ1n) is 6.73. The maximum atomic E-state index is 11.6. The molecule has 0 fully saturated rings. The number of para-hydroxylation sites is 1. The third kappa shape index (κ3) is 2.84. The quantitative estimate of drug-likeness (QED) is 0.686. The summed E-state index contributed by atoms with van der Waals surface area (Å²) in [6.07, 6.45) is 2.17. The summed E-state index contributed by atoms with van der Waals surface area (Å²) in [5.74, 6) is 0.857. The summed E-state index contributed by atoms with van der Waals surface area (Å²) in [6.45, 7) is 1.80. The second-order valence-corrected chi connectivity index (χ2v) is 4.53. The minimum absolute atomic E-state index is 0.0816. The van der Waals surface area contributed by atoms with Gasteiger partial charge in [0, 0.05) is 18.3 Å². The van der Waals surface area contributed by atoms with Gasteiger partial charge in [0.05, 0.1) is 5.39 Å². The Morgan fingerprint density at radius 2 is 2.00 bits per heavy atom. The van der Waals surface area contributed by atoms with Crippen molar-refractivity contribution < 1.29 is 4.79 Å². The number of nitrogens with zero attached hydrogens (tertiary/aromatic N) is 2. The van der Waals surface area contributed by atoms with Crippen molar-refractivity contribution in [1.29, 1.82) is 0 Å². The molecule has 0 aliphatic rings. The van der Waals surface area contributed by atoms with Crippen LogP contribution in [0, 0.1) is 0 Å². The zero-order valence-electron chi connectivity index (χ0n) is 11.6. The highest BCUT2D eigenvalue weighted by Crippen LogP contribution is 2.22. The van der Waals surface area contributed by atoms with Gasteiger partial charge >= 0.3 is 0 Å². The second kappa shape index (κ2) is 5.62. The van der Waals surface area contributed by atoms with Gasteiger partial charge in [-0.1, -0.05) is 25.1 Å². The number of hydrogen-bond acceptors (Lipinski definition) is 4. The van der Waals surface area contributed by atoms with Gasteiger partial charge < -0.3 is 15.6 Å². The summed E-state index contributed by atoms with van der Waals surface area (Å²) in [7, 11) is 0. The van der Waals surface area contributed by atoms with E-state index >= 15 is 0 Å². The van der Waals surface area contributed by atoms with Crippen LogP contribution in [-0.2, 0) is 4.79 Å². The van der Waals surface area contributed by atoms with Gasteiger partial charge in [-0.05, 0) is 18.2 Å². The zero-order chi connectivity index (χ0) is 14.7. The number of hydrogen-bond donors (Lipinski definition) is 3. The molecule has 2 heterocycles. The van der Waals surface area contributed by atoms with Crippen LogP contribution in [0.4, 0.5) is 17.5 Å². The van der Waals surface area contributed by atoms with Gasteiger partial charge in [0.15, 0.2) is 0 Å². The van der Waals surface area contributed by atoms with Gasteiger partial charge in [-0.2, -0.15) is 9.97 Å². The first kappa shape index (κ1) is 13.1. The number of amides is 1.